The fourth-order valence-corrected chi connectivity index (χ4v) is 1.66. The van der Waals surface area contributed by atoms with E-state index in [-0.39, 0.29) is 12.6 Å². The van der Waals surface area contributed by atoms with Gasteiger partial charge in [0.25, 0.3) is 0 Å². The van der Waals surface area contributed by atoms with Crippen LogP contribution in [0.2, 0.25) is 0 Å². The van der Waals surface area contributed by atoms with Crippen LogP contribution in [0, 0.1) is 11.3 Å². The molecule has 0 aliphatic carbocycles. The van der Waals surface area contributed by atoms with Crippen LogP contribution in [-0.2, 0) is 20.7 Å². The van der Waals surface area contributed by atoms with Crippen LogP contribution < -0.4 is 0 Å². The van der Waals surface area contributed by atoms with Crippen molar-refractivity contribution in [2.24, 2.45) is 11.3 Å². The van der Waals surface area contributed by atoms with Crippen LogP contribution in [0.3, 0.4) is 0 Å². The lowest BCUT2D eigenvalue weighted by Crippen LogP contribution is -2.28. The highest BCUT2D eigenvalue weighted by Gasteiger charge is 2.26. The molecule has 20 heavy (non-hydrogen) atoms. The number of hydrogen-bond donors (Lipinski definition) is 1. The Hall–Kier alpha value is -1.84. The highest BCUT2D eigenvalue weighted by atomic mass is 16.5. The quantitative estimate of drug-likeness (QED) is 0.813. The van der Waals surface area contributed by atoms with Crippen LogP contribution in [0.4, 0.5) is 0 Å². The van der Waals surface area contributed by atoms with Gasteiger partial charge < -0.3 is 9.84 Å². The number of benzene rings is 1. The Balaban J connectivity index is 2.49. The summed E-state index contributed by atoms with van der Waals surface area (Å²) in [5, 5.41) is 9.18. The van der Waals surface area contributed by atoms with Crippen molar-refractivity contribution in [3.05, 3.63) is 35.9 Å². The molecular formula is C16H22O4. The molecule has 1 unspecified atom stereocenters. The molecular weight excluding hydrogens is 256 g/mol. The number of esters is 1. The lowest BCUT2D eigenvalue weighted by molar-refractivity contribution is -0.157. The van der Waals surface area contributed by atoms with Crippen LogP contribution in [0.25, 0.3) is 0 Å². The number of carbonyl (C=O) groups is 2. The zero-order valence-electron chi connectivity index (χ0n) is 12.3. The Labute approximate surface area is 119 Å². The first-order valence-electron chi connectivity index (χ1n) is 6.74. The van der Waals surface area contributed by atoms with E-state index in [4.69, 9.17) is 4.74 Å². The molecule has 1 aromatic rings. The highest BCUT2D eigenvalue weighted by Crippen LogP contribution is 2.17. The molecule has 0 saturated heterocycles. The van der Waals surface area contributed by atoms with Crippen molar-refractivity contribution < 1.29 is 19.4 Å². The van der Waals surface area contributed by atoms with Gasteiger partial charge in [-0.15, -0.1) is 0 Å². The predicted octanol–water partition coefficient (Wildman–Crippen LogP) is 2.91. The molecule has 0 aliphatic heterocycles. The number of carboxylic acid groups (broad SMARTS) is 1. The topological polar surface area (TPSA) is 63.6 Å². The maximum Gasteiger partial charge on any atom is 0.311 e. The molecule has 1 atom stereocenters. The van der Waals surface area contributed by atoms with Gasteiger partial charge in [-0.3, -0.25) is 9.59 Å². The summed E-state index contributed by atoms with van der Waals surface area (Å²) < 4.78 is 5.10. The Morgan fingerprint density at radius 2 is 1.80 bits per heavy atom. The molecule has 0 saturated carbocycles. The fraction of sp³-hybridized carbons (Fsp3) is 0.500. The van der Waals surface area contributed by atoms with E-state index in [1.165, 1.54) is 0 Å². The smallest absolute Gasteiger partial charge is 0.311 e. The normalized spacial score (nSPS) is 12.8. The number of aliphatic carboxylic acids is 1. The van der Waals surface area contributed by atoms with E-state index in [1.807, 2.05) is 30.3 Å². The molecule has 0 spiro atoms. The van der Waals surface area contributed by atoms with Gasteiger partial charge in [0.2, 0.25) is 0 Å². The second kappa shape index (κ2) is 7.08. The van der Waals surface area contributed by atoms with Gasteiger partial charge in [0.1, 0.15) is 6.61 Å². The minimum Gasteiger partial charge on any atom is -0.481 e. The molecule has 0 aromatic heterocycles. The first-order valence-corrected chi connectivity index (χ1v) is 6.74. The van der Waals surface area contributed by atoms with Gasteiger partial charge in [-0.1, -0.05) is 30.3 Å². The van der Waals surface area contributed by atoms with Crippen LogP contribution in [-0.4, -0.2) is 23.7 Å². The number of carboxylic acids is 1. The molecule has 110 valence electrons. The van der Waals surface area contributed by atoms with Gasteiger partial charge in [-0.25, -0.2) is 0 Å². The Bertz CT molecular complexity index is 445. The number of ether oxygens (including phenoxy) is 1. The van der Waals surface area contributed by atoms with Crippen LogP contribution >= 0.6 is 0 Å². The van der Waals surface area contributed by atoms with E-state index in [9.17, 15) is 14.7 Å². The van der Waals surface area contributed by atoms with Crippen molar-refractivity contribution >= 4 is 11.9 Å². The molecule has 4 nitrogen and oxygen atoms in total. The molecule has 0 amide bonds. The predicted molar refractivity (Wildman–Crippen MR) is 76.3 cm³/mol. The standard InChI is InChI=1S/C16H22O4/c1-16(2,3)15(19)20-11-13(14(17)18)10-9-12-7-5-4-6-8-12/h4-8,13H,9-11H2,1-3H3,(H,17,18). The molecule has 4 heteroatoms. The summed E-state index contributed by atoms with van der Waals surface area (Å²) >= 11 is 0. The van der Waals surface area contributed by atoms with Crippen molar-refractivity contribution in [1.82, 2.24) is 0 Å². The molecule has 0 bridgehead atoms. The number of aryl methyl sites for hydroxylation is 1. The fourth-order valence-electron chi connectivity index (χ4n) is 1.66. The third-order valence-corrected chi connectivity index (χ3v) is 3.00. The SMILES string of the molecule is CC(C)(C)C(=O)OCC(CCc1ccccc1)C(=O)O. The highest BCUT2D eigenvalue weighted by molar-refractivity contribution is 5.76. The first kappa shape index (κ1) is 16.2. The van der Waals surface area contributed by atoms with E-state index in [1.54, 1.807) is 20.8 Å². The van der Waals surface area contributed by atoms with Crippen molar-refractivity contribution in [2.45, 2.75) is 33.6 Å². The van der Waals surface area contributed by atoms with Gasteiger partial charge in [0, 0.05) is 0 Å². The Kier molecular flexibility index (Phi) is 5.74. The third kappa shape index (κ3) is 5.43. The molecule has 0 aliphatic rings. The van der Waals surface area contributed by atoms with Crippen LogP contribution in [0.15, 0.2) is 30.3 Å². The maximum absolute atomic E-state index is 11.7. The Morgan fingerprint density at radius 1 is 1.20 bits per heavy atom. The average Bonchev–Trinajstić information content (AvgIpc) is 2.38. The van der Waals surface area contributed by atoms with Gasteiger partial charge in [0.15, 0.2) is 0 Å². The summed E-state index contributed by atoms with van der Waals surface area (Å²) in [6, 6.07) is 9.68. The number of carbonyl (C=O) groups excluding carboxylic acids is 1. The first-order chi connectivity index (χ1) is 9.30. The van der Waals surface area contributed by atoms with Gasteiger partial charge in [-0.2, -0.15) is 0 Å². The monoisotopic (exact) mass is 278 g/mol. The molecule has 0 radical (unpaired) electrons. The molecule has 0 fully saturated rings. The third-order valence-electron chi connectivity index (χ3n) is 3.00. The second-order valence-electron chi connectivity index (χ2n) is 5.91. The van der Waals surface area contributed by atoms with E-state index >= 15 is 0 Å². The van der Waals surface area contributed by atoms with E-state index < -0.39 is 17.3 Å². The van der Waals surface area contributed by atoms with Crippen molar-refractivity contribution in [2.75, 3.05) is 6.61 Å². The lowest BCUT2D eigenvalue weighted by Gasteiger charge is -2.19. The summed E-state index contributed by atoms with van der Waals surface area (Å²) in [6.45, 7) is 5.16. The Morgan fingerprint density at radius 3 is 2.30 bits per heavy atom. The molecule has 0 heterocycles. The molecule has 1 aromatic carbocycles. The summed E-state index contributed by atoms with van der Waals surface area (Å²) in [5.41, 5.74) is 0.476. The maximum atomic E-state index is 11.7. The van der Waals surface area contributed by atoms with Crippen LogP contribution in [0.1, 0.15) is 32.8 Å². The average molecular weight is 278 g/mol. The van der Waals surface area contributed by atoms with E-state index in [2.05, 4.69) is 0 Å². The summed E-state index contributed by atoms with van der Waals surface area (Å²) in [6.07, 6.45) is 1.11. The lowest BCUT2D eigenvalue weighted by atomic mass is 9.97. The van der Waals surface area contributed by atoms with Crippen LogP contribution in [0.5, 0.6) is 0 Å². The van der Waals surface area contributed by atoms with Crippen molar-refractivity contribution in [3.63, 3.8) is 0 Å². The summed E-state index contributed by atoms with van der Waals surface area (Å²) in [7, 11) is 0. The second-order valence-corrected chi connectivity index (χ2v) is 5.91. The van der Waals surface area contributed by atoms with Crippen molar-refractivity contribution in [3.8, 4) is 0 Å². The molecule has 1 rings (SSSR count). The zero-order chi connectivity index (χ0) is 15.2. The number of rotatable bonds is 6. The summed E-state index contributed by atoms with van der Waals surface area (Å²) in [4.78, 5) is 22.8. The van der Waals surface area contributed by atoms with E-state index in [0.29, 0.717) is 12.8 Å². The van der Waals surface area contributed by atoms with Crippen molar-refractivity contribution in [1.29, 1.82) is 0 Å². The minimum atomic E-state index is -0.928. The van der Waals surface area contributed by atoms with Gasteiger partial charge >= 0.3 is 11.9 Å². The minimum absolute atomic E-state index is 0.0712. The van der Waals surface area contributed by atoms with Gasteiger partial charge in [0.05, 0.1) is 11.3 Å². The largest absolute Gasteiger partial charge is 0.481 e. The van der Waals surface area contributed by atoms with Gasteiger partial charge in [-0.05, 0) is 39.2 Å². The van der Waals surface area contributed by atoms with E-state index in [0.717, 1.165) is 5.56 Å². The molecule has 1 N–H and O–H groups in total. The summed E-state index contributed by atoms with van der Waals surface area (Å²) in [5.74, 6) is -1.97. The zero-order valence-corrected chi connectivity index (χ0v) is 12.3. The number of hydrogen-bond acceptors (Lipinski definition) is 3.